The van der Waals surface area contributed by atoms with Gasteiger partial charge in [0, 0.05) is 11.8 Å². The van der Waals surface area contributed by atoms with Gasteiger partial charge in [-0.15, -0.1) is 0 Å². The van der Waals surface area contributed by atoms with Crippen molar-refractivity contribution in [3.63, 3.8) is 0 Å². The maximum atomic E-state index is 5.98. The van der Waals surface area contributed by atoms with E-state index in [1.807, 2.05) is 0 Å². The Balaban J connectivity index is 2.38. The smallest absolute Gasteiger partial charge is 0.0954 e. The average Bonchev–Trinajstić information content (AvgIpc) is 2.69. The van der Waals surface area contributed by atoms with Crippen LogP contribution in [0.1, 0.15) is 17.3 Å². The summed E-state index contributed by atoms with van der Waals surface area (Å²) in [6, 6.07) is 3.00. The first-order valence-corrected chi connectivity index (χ1v) is 5.02. The standard InChI is InChI=1S/C10H8Cl2N2O/c11-7-3-8(12)10(14-4-7)9(13)6-1-2-15-5-6/h1-5,9H,13H2. The summed E-state index contributed by atoms with van der Waals surface area (Å²) in [5.41, 5.74) is 7.37. The molecule has 0 aliphatic heterocycles. The van der Waals surface area contributed by atoms with Crippen LogP contribution in [0.4, 0.5) is 0 Å². The fourth-order valence-corrected chi connectivity index (χ4v) is 1.76. The molecule has 15 heavy (non-hydrogen) atoms. The fourth-order valence-electron chi connectivity index (χ4n) is 1.26. The predicted molar refractivity (Wildman–Crippen MR) is 59.0 cm³/mol. The SMILES string of the molecule is NC(c1ccoc1)c1ncc(Cl)cc1Cl. The van der Waals surface area contributed by atoms with E-state index in [9.17, 15) is 0 Å². The quantitative estimate of drug-likeness (QED) is 0.881. The van der Waals surface area contributed by atoms with E-state index in [4.69, 9.17) is 33.4 Å². The lowest BCUT2D eigenvalue weighted by molar-refractivity contribution is 0.561. The Labute approximate surface area is 96.8 Å². The van der Waals surface area contributed by atoms with Crippen molar-refractivity contribution in [1.29, 1.82) is 0 Å². The predicted octanol–water partition coefficient (Wildman–Crippen LogP) is 3.03. The van der Waals surface area contributed by atoms with Gasteiger partial charge in [0.25, 0.3) is 0 Å². The van der Waals surface area contributed by atoms with Crippen molar-refractivity contribution in [1.82, 2.24) is 4.98 Å². The summed E-state index contributed by atoms with van der Waals surface area (Å²) in [6.07, 6.45) is 4.64. The van der Waals surface area contributed by atoms with Crippen LogP contribution < -0.4 is 5.73 Å². The molecule has 2 heterocycles. The summed E-state index contributed by atoms with van der Waals surface area (Å²) in [5, 5.41) is 0.944. The third-order valence-electron chi connectivity index (χ3n) is 2.03. The van der Waals surface area contributed by atoms with Gasteiger partial charge in [0.05, 0.1) is 34.3 Å². The number of rotatable bonds is 2. The van der Waals surface area contributed by atoms with Crippen LogP contribution in [-0.2, 0) is 0 Å². The number of halogens is 2. The van der Waals surface area contributed by atoms with Crippen LogP contribution in [-0.4, -0.2) is 4.98 Å². The molecular weight excluding hydrogens is 235 g/mol. The number of hydrogen-bond donors (Lipinski definition) is 1. The van der Waals surface area contributed by atoms with Crippen molar-refractivity contribution < 1.29 is 4.42 Å². The Morgan fingerprint density at radius 1 is 1.40 bits per heavy atom. The molecule has 3 nitrogen and oxygen atoms in total. The summed E-state index contributed by atoms with van der Waals surface area (Å²) >= 11 is 11.7. The van der Waals surface area contributed by atoms with E-state index in [0.717, 1.165) is 5.56 Å². The number of nitrogens with zero attached hydrogens (tertiary/aromatic N) is 1. The minimum Gasteiger partial charge on any atom is -0.472 e. The number of pyridine rings is 1. The molecule has 0 saturated heterocycles. The molecule has 0 amide bonds. The highest BCUT2D eigenvalue weighted by atomic mass is 35.5. The van der Waals surface area contributed by atoms with Crippen molar-refractivity contribution in [3.8, 4) is 0 Å². The van der Waals surface area contributed by atoms with Gasteiger partial charge >= 0.3 is 0 Å². The lowest BCUT2D eigenvalue weighted by Crippen LogP contribution is -2.13. The zero-order valence-corrected chi connectivity index (χ0v) is 9.16. The molecule has 0 fully saturated rings. The first kappa shape index (κ1) is 10.5. The first-order valence-electron chi connectivity index (χ1n) is 4.27. The minimum absolute atomic E-state index is 0.395. The van der Waals surface area contributed by atoms with E-state index in [0.29, 0.717) is 15.7 Å². The van der Waals surface area contributed by atoms with Gasteiger partial charge < -0.3 is 10.2 Å². The number of furan rings is 1. The Bertz CT molecular complexity index is 456. The molecule has 2 aromatic rings. The van der Waals surface area contributed by atoms with Crippen LogP contribution in [0.5, 0.6) is 0 Å². The largest absolute Gasteiger partial charge is 0.472 e. The van der Waals surface area contributed by atoms with Crippen molar-refractivity contribution in [2.45, 2.75) is 6.04 Å². The molecule has 2 aromatic heterocycles. The molecular formula is C10H8Cl2N2O. The van der Waals surface area contributed by atoms with Crippen LogP contribution in [0.2, 0.25) is 10.0 Å². The van der Waals surface area contributed by atoms with Crippen LogP contribution in [0, 0.1) is 0 Å². The van der Waals surface area contributed by atoms with E-state index in [1.54, 1.807) is 24.7 Å². The maximum absolute atomic E-state index is 5.98. The molecule has 0 aliphatic rings. The van der Waals surface area contributed by atoms with Gasteiger partial charge in [-0.1, -0.05) is 23.2 Å². The van der Waals surface area contributed by atoms with Gasteiger partial charge in [0.2, 0.25) is 0 Å². The molecule has 0 aliphatic carbocycles. The van der Waals surface area contributed by atoms with Crippen LogP contribution in [0.15, 0.2) is 35.3 Å². The molecule has 0 aromatic carbocycles. The summed E-state index contributed by atoms with van der Waals surface area (Å²) in [6.45, 7) is 0. The van der Waals surface area contributed by atoms with E-state index in [2.05, 4.69) is 4.98 Å². The van der Waals surface area contributed by atoms with Crippen molar-refractivity contribution in [2.75, 3.05) is 0 Å². The summed E-state index contributed by atoms with van der Waals surface area (Å²) in [4.78, 5) is 4.10. The van der Waals surface area contributed by atoms with E-state index >= 15 is 0 Å². The van der Waals surface area contributed by atoms with Crippen molar-refractivity contribution in [3.05, 3.63) is 52.2 Å². The molecule has 0 bridgehead atoms. The molecule has 0 spiro atoms. The lowest BCUT2D eigenvalue weighted by Gasteiger charge is -2.10. The van der Waals surface area contributed by atoms with Crippen molar-refractivity contribution >= 4 is 23.2 Å². The van der Waals surface area contributed by atoms with Gasteiger partial charge in [0.15, 0.2) is 0 Å². The van der Waals surface area contributed by atoms with Gasteiger partial charge in [-0.25, -0.2) is 0 Å². The third kappa shape index (κ3) is 2.15. The minimum atomic E-state index is -0.395. The Morgan fingerprint density at radius 3 is 2.80 bits per heavy atom. The Kier molecular flexibility index (Phi) is 2.95. The topological polar surface area (TPSA) is 52.0 Å². The molecule has 2 rings (SSSR count). The van der Waals surface area contributed by atoms with Gasteiger partial charge in [0.1, 0.15) is 0 Å². The monoisotopic (exact) mass is 242 g/mol. The Morgan fingerprint density at radius 2 is 2.20 bits per heavy atom. The molecule has 0 radical (unpaired) electrons. The molecule has 2 N–H and O–H groups in total. The van der Waals surface area contributed by atoms with E-state index in [-0.39, 0.29) is 0 Å². The fraction of sp³-hybridized carbons (Fsp3) is 0.100. The molecule has 78 valence electrons. The second-order valence-electron chi connectivity index (χ2n) is 3.05. The van der Waals surface area contributed by atoms with E-state index in [1.165, 1.54) is 6.20 Å². The molecule has 1 atom stereocenters. The van der Waals surface area contributed by atoms with Crippen LogP contribution in [0.25, 0.3) is 0 Å². The zero-order valence-electron chi connectivity index (χ0n) is 7.65. The first-order chi connectivity index (χ1) is 7.18. The summed E-state index contributed by atoms with van der Waals surface area (Å²) in [5.74, 6) is 0. The molecule has 5 heteroatoms. The van der Waals surface area contributed by atoms with Gasteiger partial charge in [-0.2, -0.15) is 0 Å². The highest BCUT2D eigenvalue weighted by Crippen LogP contribution is 2.26. The second-order valence-corrected chi connectivity index (χ2v) is 3.90. The lowest BCUT2D eigenvalue weighted by atomic mass is 10.1. The zero-order chi connectivity index (χ0) is 10.8. The van der Waals surface area contributed by atoms with Crippen molar-refractivity contribution in [2.24, 2.45) is 5.73 Å². The van der Waals surface area contributed by atoms with Gasteiger partial charge in [-0.3, -0.25) is 4.98 Å². The Hall–Kier alpha value is -1.03. The van der Waals surface area contributed by atoms with Gasteiger partial charge in [-0.05, 0) is 12.1 Å². The number of nitrogens with two attached hydrogens (primary N) is 1. The third-order valence-corrected chi connectivity index (χ3v) is 2.54. The summed E-state index contributed by atoms with van der Waals surface area (Å²) < 4.78 is 4.94. The maximum Gasteiger partial charge on any atom is 0.0954 e. The second kappa shape index (κ2) is 4.23. The molecule has 1 unspecified atom stereocenters. The highest BCUT2D eigenvalue weighted by Gasteiger charge is 2.15. The van der Waals surface area contributed by atoms with Crippen LogP contribution >= 0.6 is 23.2 Å². The van der Waals surface area contributed by atoms with Crippen LogP contribution in [0.3, 0.4) is 0 Å². The number of hydrogen-bond acceptors (Lipinski definition) is 3. The number of aromatic nitrogens is 1. The average molecular weight is 243 g/mol. The summed E-state index contributed by atoms with van der Waals surface area (Å²) in [7, 11) is 0. The normalized spacial score (nSPS) is 12.7. The van der Waals surface area contributed by atoms with E-state index < -0.39 is 6.04 Å². The molecule has 0 saturated carbocycles. The highest BCUT2D eigenvalue weighted by molar-refractivity contribution is 6.34.